The summed E-state index contributed by atoms with van der Waals surface area (Å²) in [6.07, 6.45) is 1.59. The van der Waals surface area contributed by atoms with Crippen molar-refractivity contribution in [3.8, 4) is 0 Å². The largest absolute Gasteiger partial charge is 0.379 e. The van der Waals surface area contributed by atoms with Crippen LogP contribution >= 0.6 is 0 Å². The number of imidazole rings is 2. The molecule has 1 aliphatic rings. The summed E-state index contributed by atoms with van der Waals surface area (Å²) in [6, 6.07) is 18.1. The maximum atomic E-state index is 13.8. The first-order valence-electron chi connectivity index (χ1n) is 18.6. The highest BCUT2D eigenvalue weighted by Gasteiger charge is 2.20. The van der Waals surface area contributed by atoms with Crippen LogP contribution in [-0.2, 0) is 51.6 Å². The lowest BCUT2D eigenvalue weighted by Crippen LogP contribution is -2.35. The van der Waals surface area contributed by atoms with E-state index in [0.717, 1.165) is 79.1 Å². The Kier molecular flexibility index (Phi) is 10.4. The van der Waals surface area contributed by atoms with Crippen molar-refractivity contribution in [3.63, 3.8) is 0 Å². The molecule has 0 saturated carbocycles. The molecule has 0 spiro atoms. The summed E-state index contributed by atoms with van der Waals surface area (Å²) >= 11 is 0. The molecule has 2 amide bonds. The highest BCUT2D eigenvalue weighted by atomic mass is 16.5. The molecular weight excluding hydrogens is 671 g/mol. The SMILES string of the molecule is CCn1nc(C)cc1C(=O)N=c1n(C)c2cccc(CN3CCOCC3)c2n1CCCCn1/c(=N/C(=O)c2cc(C)nn2CC)n(C)c2ccccc21. The zero-order chi connectivity index (χ0) is 37.2. The van der Waals surface area contributed by atoms with Gasteiger partial charge in [0.15, 0.2) is 0 Å². The monoisotopic (exact) mass is 719 g/mol. The molecule has 0 bridgehead atoms. The number of carbonyl (C=O) groups excluding carboxylic acids is 2. The van der Waals surface area contributed by atoms with Gasteiger partial charge in [0.05, 0.1) is 46.7 Å². The number of hydrogen-bond donors (Lipinski definition) is 0. The van der Waals surface area contributed by atoms with E-state index < -0.39 is 0 Å². The van der Waals surface area contributed by atoms with Gasteiger partial charge in [-0.1, -0.05) is 24.3 Å². The minimum absolute atomic E-state index is 0.316. The van der Waals surface area contributed by atoms with Crippen molar-refractivity contribution >= 4 is 33.9 Å². The summed E-state index contributed by atoms with van der Waals surface area (Å²) in [5.41, 5.74) is 9.01. The Bertz CT molecular complexity index is 2440. The van der Waals surface area contributed by atoms with Gasteiger partial charge in [0.1, 0.15) is 11.4 Å². The molecular formula is C39H49N11O3. The first kappa shape index (κ1) is 36.0. The van der Waals surface area contributed by atoms with E-state index in [1.54, 1.807) is 21.5 Å². The lowest BCUT2D eigenvalue weighted by atomic mass is 10.1. The second-order valence-corrected chi connectivity index (χ2v) is 13.7. The van der Waals surface area contributed by atoms with Crippen LogP contribution in [0.25, 0.3) is 22.1 Å². The Morgan fingerprint density at radius 2 is 1.25 bits per heavy atom. The highest BCUT2D eigenvalue weighted by Crippen LogP contribution is 2.22. The van der Waals surface area contributed by atoms with Crippen LogP contribution < -0.4 is 11.2 Å². The van der Waals surface area contributed by atoms with Crippen LogP contribution in [0.2, 0.25) is 0 Å². The molecule has 278 valence electrons. The van der Waals surface area contributed by atoms with Crippen molar-refractivity contribution in [1.82, 2.24) is 42.7 Å². The maximum absolute atomic E-state index is 13.8. The molecule has 0 atom stereocenters. The van der Waals surface area contributed by atoms with E-state index >= 15 is 0 Å². The van der Waals surface area contributed by atoms with E-state index in [0.29, 0.717) is 48.8 Å². The van der Waals surface area contributed by atoms with Crippen molar-refractivity contribution in [3.05, 3.63) is 94.2 Å². The zero-order valence-corrected chi connectivity index (χ0v) is 31.6. The predicted molar refractivity (Wildman–Crippen MR) is 202 cm³/mol. The third kappa shape index (κ3) is 7.08. The van der Waals surface area contributed by atoms with Crippen molar-refractivity contribution in [2.24, 2.45) is 24.1 Å². The van der Waals surface area contributed by atoms with E-state index in [9.17, 15) is 9.59 Å². The third-order valence-corrected chi connectivity index (χ3v) is 10.1. The van der Waals surface area contributed by atoms with Crippen molar-refractivity contribution in [2.75, 3.05) is 26.3 Å². The Morgan fingerprint density at radius 1 is 0.717 bits per heavy atom. The summed E-state index contributed by atoms with van der Waals surface area (Å²) in [5, 5.41) is 8.95. The van der Waals surface area contributed by atoms with Crippen LogP contribution in [0.4, 0.5) is 0 Å². The van der Waals surface area contributed by atoms with Gasteiger partial charge in [-0.15, -0.1) is 0 Å². The highest BCUT2D eigenvalue weighted by molar-refractivity contribution is 5.94. The third-order valence-electron chi connectivity index (χ3n) is 10.1. The van der Waals surface area contributed by atoms with Crippen LogP contribution in [0.3, 0.4) is 0 Å². The molecule has 1 saturated heterocycles. The zero-order valence-electron chi connectivity index (χ0n) is 31.6. The molecule has 53 heavy (non-hydrogen) atoms. The molecule has 14 heteroatoms. The number of rotatable bonds is 11. The minimum Gasteiger partial charge on any atom is -0.379 e. The lowest BCUT2D eigenvalue weighted by Gasteiger charge is -2.27. The van der Waals surface area contributed by atoms with E-state index in [4.69, 9.17) is 9.73 Å². The van der Waals surface area contributed by atoms with Gasteiger partial charge in [-0.25, -0.2) is 0 Å². The van der Waals surface area contributed by atoms with E-state index in [1.165, 1.54) is 5.56 Å². The molecule has 2 aromatic carbocycles. The van der Waals surface area contributed by atoms with Gasteiger partial charge >= 0.3 is 0 Å². The average Bonchev–Trinajstić information content (AvgIpc) is 3.89. The minimum atomic E-state index is -0.318. The first-order valence-corrected chi connectivity index (χ1v) is 18.6. The fourth-order valence-electron chi connectivity index (χ4n) is 7.51. The number of morpholine rings is 1. The summed E-state index contributed by atoms with van der Waals surface area (Å²) in [7, 11) is 3.93. The molecule has 1 aliphatic heterocycles. The summed E-state index contributed by atoms with van der Waals surface area (Å²) in [6.45, 7) is 14.1. The van der Waals surface area contributed by atoms with Gasteiger partial charge in [-0.3, -0.25) is 23.9 Å². The molecule has 4 aromatic heterocycles. The van der Waals surface area contributed by atoms with Gasteiger partial charge in [-0.05, 0) is 76.4 Å². The molecule has 5 heterocycles. The molecule has 0 radical (unpaired) electrons. The number of hydrogen-bond acceptors (Lipinski definition) is 6. The normalized spacial score (nSPS) is 14.7. The number of aromatic nitrogens is 8. The summed E-state index contributed by atoms with van der Waals surface area (Å²) in [5.74, 6) is -0.634. The van der Waals surface area contributed by atoms with Crippen molar-refractivity contribution < 1.29 is 14.3 Å². The molecule has 7 rings (SSSR count). The molecule has 0 aliphatic carbocycles. The van der Waals surface area contributed by atoms with E-state index in [-0.39, 0.29) is 11.8 Å². The molecule has 6 aromatic rings. The number of benzene rings is 2. The number of nitrogens with zero attached hydrogens (tertiary/aromatic N) is 11. The van der Waals surface area contributed by atoms with Gasteiger partial charge in [-0.2, -0.15) is 20.2 Å². The molecule has 0 N–H and O–H groups in total. The van der Waals surface area contributed by atoms with Crippen LogP contribution in [0.5, 0.6) is 0 Å². The fourth-order valence-corrected chi connectivity index (χ4v) is 7.51. The number of amides is 2. The predicted octanol–water partition coefficient (Wildman–Crippen LogP) is 4.12. The smallest absolute Gasteiger partial charge is 0.298 e. The average molecular weight is 720 g/mol. The van der Waals surface area contributed by atoms with E-state index in [2.05, 4.69) is 59.6 Å². The van der Waals surface area contributed by atoms with Gasteiger partial charge in [0, 0.05) is 59.9 Å². The summed E-state index contributed by atoms with van der Waals surface area (Å²) < 4.78 is 17.4. The van der Waals surface area contributed by atoms with Crippen LogP contribution in [-0.4, -0.2) is 80.8 Å². The number of para-hydroxylation sites is 3. The number of carbonyl (C=O) groups is 2. The standard InChI is InChI=1S/C39H49N11O3/c1-7-49-33(24-27(3)42-49)36(51)40-38-44(5)30-15-9-10-16-31(30)47(38)18-11-12-19-48-35-29(26-46-20-22-53-23-21-46)14-13-17-32(35)45(6)39(48)41-37(52)34-25-28(4)43-50(34)8-2/h9-10,13-17,24-25H,7-8,11-12,18-23,26H2,1-6H3/b40-38+,41-39?. The number of aryl methyl sites for hydroxylation is 8. The first-order chi connectivity index (χ1) is 25.7. The van der Waals surface area contributed by atoms with Crippen molar-refractivity contribution in [1.29, 1.82) is 0 Å². The Balaban J connectivity index is 1.24. The van der Waals surface area contributed by atoms with Crippen LogP contribution in [0.15, 0.2) is 64.6 Å². The maximum Gasteiger partial charge on any atom is 0.298 e. The fraction of sp³-hybridized carbons (Fsp3) is 0.436. The number of ether oxygens (including phenoxy) is 1. The lowest BCUT2D eigenvalue weighted by molar-refractivity contribution is 0.0343. The van der Waals surface area contributed by atoms with Gasteiger partial charge < -0.3 is 23.0 Å². The second-order valence-electron chi connectivity index (χ2n) is 13.7. The quantitative estimate of drug-likeness (QED) is 0.186. The molecule has 1 fully saturated rings. The topological polar surface area (TPSA) is 127 Å². The Morgan fingerprint density at radius 3 is 1.85 bits per heavy atom. The van der Waals surface area contributed by atoms with Gasteiger partial charge in [0.2, 0.25) is 11.2 Å². The second kappa shape index (κ2) is 15.3. The van der Waals surface area contributed by atoms with E-state index in [1.807, 2.05) is 63.1 Å². The van der Waals surface area contributed by atoms with Gasteiger partial charge in [0.25, 0.3) is 11.8 Å². The number of unbranched alkanes of at least 4 members (excludes halogenated alkanes) is 1. The number of fused-ring (bicyclic) bond motifs is 2. The van der Waals surface area contributed by atoms with Crippen LogP contribution in [0, 0.1) is 13.8 Å². The molecule has 0 unspecified atom stereocenters. The summed E-state index contributed by atoms with van der Waals surface area (Å²) in [4.78, 5) is 39.2. The molecule has 14 nitrogen and oxygen atoms in total. The van der Waals surface area contributed by atoms with Crippen LogP contribution in [0.1, 0.15) is 64.6 Å². The Labute approximate surface area is 308 Å². The van der Waals surface area contributed by atoms with Crippen molar-refractivity contribution in [2.45, 2.75) is 73.3 Å². The Hall–Kier alpha value is -5.34.